The summed E-state index contributed by atoms with van der Waals surface area (Å²) >= 11 is 0. The van der Waals surface area contributed by atoms with E-state index in [0.29, 0.717) is 5.69 Å². The second-order valence-corrected chi connectivity index (χ2v) is 3.64. The average molecular weight is 282 g/mol. The van der Waals surface area contributed by atoms with E-state index in [9.17, 15) is 18.4 Å². The third kappa shape index (κ3) is 4.42. The maximum atomic E-state index is 12.8. The molecule has 0 saturated heterocycles. The lowest BCUT2D eigenvalue weighted by Crippen LogP contribution is -2.42. The fraction of sp³-hybridized carbons (Fsp3) is 0.400. The smallest absolute Gasteiger partial charge is 0.277 e. The predicted molar refractivity (Wildman–Crippen MR) is 65.4 cm³/mol. The number of hydrogen-bond donors (Lipinski definition) is 3. The number of carbonyl (C=O) groups excluding carboxylic acids is 1. The topological polar surface area (TPSA) is 88.0 Å². The van der Waals surface area contributed by atoms with Crippen LogP contribution in [0.4, 0.5) is 8.78 Å². The number of halogens is 3. The lowest BCUT2D eigenvalue weighted by Gasteiger charge is -2.14. The highest BCUT2D eigenvalue weighted by Gasteiger charge is 2.27. The number of nitrogens with two attached hydrogens (primary N) is 1. The quantitative estimate of drug-likeness (QED) is 0.748. The number of nitrogens with one attached hydrogen (secondary N) is 2. The molecule has 0 fully saturated rings. The summed E-state index contributed by atoms with van der Waals surface area (Å²) in [6, 6.07) is 1.22. The standard InChI is InChI=1S/C10H13F2N3O2.ClH/c1-6-2-8(16)7(3-14-6)9(17)15-5-10(11,12)4-13;/h2-3H,4-5,13H2,1H3,(H,14,16)(H,15,17);1H. The van der Waals surface area contributed by atoms with Crippen molar-refractivity contribution in [2.24, 2.45) is 5.73 Å². The van der Waals surface area contributed by atoms with Gasteiger partial charge in [0.25, 0.3) is 11.8 Å². The van der Waals surface area contributed by atoms with Crippen molar-refractivity contribution in [3.63, 3.8) is 0 Å². The van der Waals surface area contributed by atoms with Crippen LogP contribution >= 0.6 is 12.4 Å². The second kappa shape index (κ2) is 6.46. The van der Waals surface area contributed by atoms with Gasteiger partial charge in [-0.15, -0.1) is 12.4 Å². The van der Waals surface area contributed by atoms with E-state index in [1.54, 1.807) is 6.92 Å². The number of H-pyrrole nitrogens is 1. The molecule has 0 radical (unpaired) electrons. The summed E-state index contributed by atoms with van der Waals surface area (Å²) in [5, 5.41) is 1.96. The van der Waals surface area contributed by atoms with E-state index in [-0.39, 0.29) is 18.0 Å². The summed E-state index contributed by atoms with van der Waals surface area (Å²) in [7, 11) is 0. The van der Waals surface area contributed by atoms with E-state index in [0.717, 1.165) is 0 Å². The van der Waals surface area contributed by atoms with Crippen molar-refractivity contribution >= 4 is 18.3 Å². The van der Waals surface area contributed by atoms with Gasteiger partial charge in [0.15, 0.2) is 5.43 Å². The molecule has 1 amide bonds. The normalized spacial score (nSPS) is 10.7. The molecule has 1 rings (SSSR count). The monoisotopic (exact) mass is 281 g/mol. The lowest BCUT2D eigenvalue weighted by atomic mass is 10.2. The van der Waals surface area contributed by atoms with Crippen molar-refractivity contribution in [3.8, 4) is 0 Å². The molecule has 0 unspecified atom stereocenters. The fourth-order valence-electron chi connectivity index (χ4n) is 1.13. The Morgan fingerprint density at radius 1 is 1.56 bits per heavy atom. The molecule has 1 aromatic heterocycles. The molecule has 1 aromatic rings. The van der Waals surface area contributed by atoms with Crippen LogP contribution < -0.4 is 16.5 Å². The molecule has 0 aromatic carbocycles. The molecule has 0 saturated carbocycles. The highest BCUT2D eigenvalue weighted by Crippen LogP contribution is 2.08. The minimum Gasteiger partial charge on any atom is -0.364 e. The van der Waals surface area contributed by atoms with E-state index in [1.807, 2.05) is 5.32 Å². The number of hydrogen-bond acceptors (Lipinski definition) is 3. The molecule has 0 aliphatic heterocycles. The van der Waals surface area contributed by atoms with Crippen molar-refractivity contribution in [3.05, 3.63) is 33.7 Å². The van der Waals surface area contributed by atoms with Crippen molar-refractivity contribution in [2.45, 2.75) is 12.8 Å². The van der Waals surface area contributed by atoms with Crippen LogP contribution in [-0.4, -0.2) is 29.9 Å². The van der Waals surface area contributed by atoms with Gasteiger partial charge in [-0.05, 0) is 6.92 Å². The molecule has 0 bridgehead atoms. The van der Waals surface area contributed by atoms with Gasteiger partial charge in [-0.25, -0.2) is 8.78 Å². The number of aromatic amines is 1. The van der Waals surface area contributed by atoms with Gasteiger partial charge in [0.2, 0.25) is 0 Å². The van der Waals surface area contributed by atoms with Crippen molar-refractivity contribution in [1.29, 1.82) is 0 Å². The predicted octanol–water partition coefficient (Wildman–Crippen LogP) is 0.429. The summed E-state index contributed by atoms with van der Waals surface area (Å²) in [6.45, 7) is -0.112. The first-order valence-electron chi connectivity index (χ1n) is 4.91. The third-order valence-corrected chi connectivity index (χ3v) is 2.11. The van der Waals surface area contributed by atoms with Crippen LogP contribution in [0.2, 0.25) is 0 Å². The van der Waals surface area contributed by atoms with E-state index in [1.165, 1.54) is 12.3 Å². The number of rotatable bonds is 4. The number of alkyl halides is 2. The minimum atomic E-state index is -3.17. The second-order valence-electron chi connectivity index (χ2n) is 3.64. The molecule has 102 valence electrons. The zero-order chi connectivity index (χ0) is 13.1. The maximum absolute atomic E-state index is 12.8. The van der Waals surface area contributed by atoms with Crippen LogP contribution in [0.15, 0.2) is 17.1 Å². The number of pyridine rings is 1. The maximum Gasteiger partial charge on any atom is 0.277 e. The van der Waals surface area contributed by atoms with Gasteiger partial charge in [-0.2, -0.15) is 0 Å². The Hall–Kier alpha value is -1.47. The molecule has 0 aliphatic rings. The Kier molecular flexibility index (Phi) is 5.93. The largest absolute Gasteiger partial charge is 0.364 e. The fourth-order valence-corrected chi connectivity index (χ4v) is 1.13. The van der Waals surface area contributed by atoms with E-state index < -0.39 is 30.3 Å². The molecule has 8 heteroatoms. The Morgan fingerprint density at radius 3 is 2.67 bits per heavy atom. The first kappa shape index (κ1) is 16.5. The van der Waals surface area contributed by atoms with Gasteiger partial charge in [0.05, 0.1) is 13.1 Å². The Balaban J connectivity index is 0.00000289. The van der Waals surface area contributed by atoms with Gasteiger partial charge >= 0.3 is 0 Å². The molecule has 1 heterocycles. The van der Waals surface area contributed by atoms with Crippen LogP contribution in [0.25, 0.3) is 0 Å². The Labute approximate surface area is 108 Å². The summed E-state index contributed by atoms with van der Waals surface area (Å²) in [5.41, 5.74) is 4.67. The van der Waals surface area contributed by atoms with E-state index in [4.69, 9.17) is 5.73 Å². The number of aromatic nitrogens is 1. The summed E-state index contributed by atoms with van der Waals surface area (Å²) < 4.78 is 25.5. The number of carbonyl (C=O) groups is 1. The molecule has 0 atom stereocenters. The van der Waals surface area contributed by atoms with Crippen LogP contribution in [0.5, 0.6) is 0 Å². The van der Waals surface area contributed by atoms with E-state index >= 15 is 0 Å². The van der Waals surface area contributed by atoms with Crippen LogP contribution in [0, 0.1) is 6.92 Å². The SMILES string of the molecule is Cc1cc(=O)c(C(=O)NCC(F)(F)CN)c[nH]1.Cl. The Morgan fingerprint density at radius 2 is 2.17 bits per heavy atom. The summed E-state index contributed by atoms with van der Waals surface area (Å²) in [6.07, 6.45) is 1.19. The molecule has 4 N–H and O–H groups in total. The molecule has 5 nitrogen and oxygen atoms in total. The third-order valence-electron chi connectivity index (χ3n) is 2.11. The van der Waals surface area contributed by atoms with Crippen molar-refractivity contribution in [2.75, 3.05) is 13.1 Å². The van der Waals surface area contributed by atoms with Gasteiger partial charge in [-0.1, -0.05) is 0 Å². The number of aryl methyl sites for hydroxylation is 1. The molecule has 18 heavy (non-hydrogen) atoms. The number of amides is 1. The van der Waals surface area contributed by atoms with Crippen molar-refractivity contribution < 1.29 is 13.6 Å². The first-order valence-corrected chi connectivity index (χ1v) is 4.91. The van der Waals surface area contributed by atoms with Crippen LogP contribution in [0.1, 0.15) is 16.1 Å². The van der Waals surface area contributed by atoms with Gasteiger partial charge in [0, 0.05) is 18.0 Å². The molecular weight excluding hydrogens is 268 g/mol. The highest BCUT2D eigenvalue weighted by atomic mass is 35.5. The van der Waals surface area contributed by atoms with Gasteiger partial charge in [0.1, 0.15) is 5.56 Å². The molecule has 0 spiro atoms. The van der Waals surface area contributed by atoms with Crippen LogP contribution in [0.3, 0.4) is 0 Å². The van der Waals surface area contributed by atoms with Crippen molar-refractivity contribution in [1.82, 2.24) is 10.3 Å². The molecule has 0 aliphatic carbocycles. The van der Waals surface area contributed by atoms with Gasteiger partial charge < -0.3 is 16.0 Å². The highest BCUT2D eigenvalue weighted by molar-refractivity contribution is 5.93. The Bertz CT molecular complexity index is 476. The average Bonchev–Trinajstić information content (AvgIpc) is 2.26. The zero-order valence-electron chi connectivity index (χ0n) is 9.63. The van der Waals surface area contributed by atoms with E-state index in [2.05, 4.69) is 4.98 Å². The zero-order valence-corrected chi connectivity index (χ0v) is 10.4. The minimum absolute atomic E-state index is 0. The summed E-state index contributed by atoms with van der Waals surface area (Å²) in [4.78, 5) is 25.5. The van der Waals surface area contributed by atoms with Gasteiger partial charge in [-0.3, -0.25) is 9.59 Å². The van der Waals surface area contributed by atoms with Crippen LogP contribution in [-0.2, 0) is 0 Å². The lowest BCUT2D eigenvalue weighted by molar-refractivity contribution is 0.0118. The molecular formula is C10H14ClF2N3O2. The summed E-state index contributed by atoms with van der Waals surface area (Å²) in [5.74, 6) is -4.02. The first-order chi connectivity index (χ1) is 7.85.